The molecule has 1 atom stereocenters. The van der Waals surface area contributed by atoms with Crippen LogP contribution in [0.2, 0.25) is 0 Å². The number of aliphatic hydroxyl groups excluding tert-OH is 1. The number of sulfonamides is 1. The fraction of sp³-hybridized carbons (Fsp3) is 0.462. The Bertz CT molecular complexity index is 638. The lowest BCUT2D eigenvalue weighted by molar-refractivity contribution is 0.0696. The number of carboxylic acid groups (broad SMARTS) is 1. The number of aliphatic hydroxyl groups is 1. The van der Waals surface area contributed by atoms with Crippen LogP contribution in [0.25, 0.3) is 0 Å². The van der Waals surface area contributed by atoms with Crippen molar-refractivity contribution in [3.05, 3.63) is 23.8 Å². The second-order valence-electron chi connectivity index (χ2n) is 4.93. The van der Waals surface area contributed by atoms with E-state index in [9.17, 15) is 18.3 Å². The zero-order valence-electron chi connectivity index (χ0n) is 11.4. The van der Waals surface area contributed by atoms with E-state index in [2.05, 4.69) is 4.72 Å². The van der Waals surface area contributed by atoms with Crippen molar-refractivity contribution in [1.29, 1.82) is 0 Å². The Morgan fingerprint density at radius 1 is 1.48 bits per heavy atom. The smallest absolute Gasteiger partial charge is 0.335 e. The van der Waals surface area contributed by atoms with E-state index >= 15 is 0 Å². The Kier molecular flexibility index (Phi) is 4.50. The molecule has 0 heterocycles. The molecule has 0 radical (unpaired) electrons. The SMILES string of the molecule is COc1ccc(C(=O)O)cc1S(=O)(=O)NCC(O)C1CC1. The molecular formula is C13H17NO6S. The predicted octanol–water partition coefficient (Wildman–Crippen LogP) is 0.443. The van der Waals surface area contributed by atoms with Gasteiger partial charge in [0, 0.05) is 6.54 Å². The van der Waals surface area contributed by atoms with Gasteiger partial charge in [0.1, 0.15) is 10.6 Å². The van der Waals surface area contributed by atoms with Crippen LogP contribution in [0.4, 0.5) is 0 Å². The highest BCUT2D eigenvalue weighted by molar-refractivity contribution is 7.89. The molecule has 0 aromatic heterocycles. The molecule has 0 aliphatic heterocycles. The van der Waals surface area contributed by atoms with Crippen LogP contribution in [-0.2, 0) is 10.0 Å². The van der Waals surface area contributed by atoms with E-state index in [0.29, 0.717) is 0 Å². The summed E-state index contributed by atoms with van der Waals surface area (Å²) >= 11 is 0. The summed E-state index contributed by atoms with van der Waals surface area (Å²) in [4.78, 5) is 10.7. The average Bonchev–Trinajstić information content (AvgIpc) is 3.28. The Morgan fingerprint density at radius 2 is 2.14 bits per heavy atom. The van der Waals surface area contributed by atoms with Crippen molar-refractivity contribution < 1.29 is 28.2 Å². The third-order valence-electron chi connectivity index (χ3n) is 3.35. The highest BCUT2D eigenvalue weighted by Gasteiger charge is 2.31. The summed E-state index contributed by atoms with van der Waals surface area (Å²) in [6.45, 7) is -0.104. The van der Waals surface area contributed by atoms with Crippen molar-refractivity contribution >= 4 is 16.0 Å². The van der Waals surface area contributed by atoms with Crippen LogP contribution in [0.1, 0.15) is 23.2 Å². The summed E-state index contributed by atoms with van der Waals surface area (Å²) < 4.78 is 31.7. The van der Waals surface area contributed by atoms with E-state index in [1.54, 1.807) is 0 Å². The molecule has 2 rings (SSSR count). The van der Waals surface area contributed by atoms with Crippen LogP contribution in [0, 0.1) is 5.92 Å². The van der Waals surface area contributed by atoms with Crippen LogP contribution >= 0.6 is 0 Å². The van der Waals surface area contributed by atoms with Gasteiger partial charge in [-0.25, -0.2) is 17.9 Å². The van der Waals surface area contributed by atoms with Gasteiger partial charge in [-0.05, 0) is 37.0 Å². The number of hydrogen-bond acceptors (Lipinski definition) is 5. The van der Waals surface area contributed by atoms with Crippen LogP contribution in [-0.4, -0.2) is 44.4 Å². The normalized spacial score (nSPS) is 16.5. The van der Waals surface area contributed by atoms with E-state index in [4.69, 9.17) is 9.84 Å². The third kappa shape index (κ3) is 3.72. The topological polar surface area (TPSA) is 113 Å². The Labute approximate surface area is 122 Å². The monoisotopic (exact) mass is 315 g/mol. The quantitative estimate of drug-likeness (QED) is 0.673. The van der Waals surface area contributed by atoms with Gasteiger partial charge in [0.15, 0.2) is 0 Å². The number of methoxy groups -OCH3 is 1. The van der Waals surface area contributed by atoms with Crippen molar-refractivity contribution in [2.75, 3.05) is 13.7 Å². The lowest BCUT2D eigenvalue weighted by atomic mass is 10.2. The standard InChI is InChI=1S/C13H17NO6S/c1-20-11-5-4-9(13(16)17)6-12(11)21(18,19)14-7-10(15)8-2-3-8/h4-6,8,10,14-15H,2-3,7H2,1H3,(H,16,17). The minimum absolute atomic E-state index is 0.0495. The number of benzene rings is 1. The van der Waals surface area contributed by atoms with Gasteiger partial charge in [-0.15, -0.1) is 0 Å². The van der Waals surface area contributed by atoms with E-state index < -0.39 is 22.1 Å². The van der Waals surface area contributed by atoms with Gasteiger partial charge in [0.05, 0.1) is 18.8 Å². The molecule has 21 heavy (non-hydrogen) atoms. The van der Waals surface area contributed by atoms with Crippen molar-refractivity contribution in [3.63, 3.8) is 0 Å². The Hall–Kier alpha value is -1.64. The summed E-state index contributed by atoms with van der Waals surface area (Å²) in [6, 6.07) is 3.58. The van der Waals surface area contributed by atoms with Gasteiger partial charge in [-0.1, -0.05) is 0 Å². The first-order valence-corrected chi connectivity index (χ1v) is 7.92. The predicted molar refractivity (Wildman–Crippen MR) is 73.9 cm³/mol. The van der Waals surface area contributed by atoms with Crippen molar-refractivity contribution in [1.82, 2.24) is 4.72 Å². The highest BCUT2D eigenvalue weighted by Crippen LogP contribution is 2.32. The number of ether oxygens (including phenoxy) is 1. The second kappa shape index (κ2) is 6.00. The maximum Gasteiger partial charge on any atom is 0.335 e. The molecular weight excluding hydrogens is 298 g/mol. The molecule has 0 bridgehead atoms. The zero-order valence-corrected chi connectivity index (χ0v) is 12.3. The van der Waals surface area contributed by atoms with Gasteiger partial charge in [0.2, 0.25) is 10.0 Å². The zero-order chi connectivity index (χ0) is 15.6. The molecule has 1 unspecified atom stereocenters. The van der Waals surface area contributed by atoms with Crippen LogP contribution in [0.5, 0.6) is 5.75 Å². The molecule has 1 saturated carbocycles. The first-order chi connectivity index (χ1) is 9.85. The molecule has 0 saturated heterocycles. The Morgan fingerprint density at radius 3 is 2.67 bits per heavy atom. The summed E-state index contributed by atoms with van der Waals surface area (Å²) in [6.07, 6.45) is 1.05. The molecule has 0 spiro atoms. The van der Waals surface area contributed by atoms with E-state index in [0.717, 1.165) is 18.9 Å². The number of carboxylic acids is 1. The summed E-state index contributed by atoms with van der Waals surface area (Å²) in [5.74, 6) is -1.04. The number of rotatable bonds is 7. The van der Waals surface area contributed by atoms with Crippen LogP contribution < -0.4 is 9.46 Å². The molecule has 1 aromatic rings. The summed E-state index contributed by atoms with van der Waals surface area (Å²) in [7, 11) is -2.66. The molecule has 8 heteroatoms. The molecule has 1 aromatic carbocycles. The van der Waals surface area contributed by atoms with Gasteiger partial charge in [0.25, 0.3) is 0 Å². The number of nitrogens with one attached hydrogen (secondary N) is 1. The lowest BCUT2D eigenvalue weighted by Crippen LogP contribution is -2.33. The first-order valence-electron chi connectivity index (χ1n) is 6.44. The van der Waals surface area contributed by atoms with Gasteiger partial charge < -0.3 is 14.9 Å². The maximum absolute atomic E-state index is 12.2. The van der Waals surface area contributed by atoms with Crippen molar-refractivity contribution in [3.8, 4) is 5.75 Å². The van der Waals surface area contributed by atoms with Crippen LogP contribution in [0.3, 0.4) is 0 Å². The minimum atomic E-state index is -3.96. The van der Waals surface area contributed by atoms with E-state index in [1.807, 2.05) is 0 Å². The van der Waals surface area contributed by atoms with E-state index in [1.165, 1.54) is 19.2 Å². The van der Waals surface area contributed by atoms with Gasteiger partial charge in [-0.2, -0.15) is 0 Å². The molecule has 7 nitrogen and oxygen atoms in total. The number of aromatic carboxylic acids is 1. The van der Waals surface area contributed by atoms with Crippen molar-refractivity contribution in [2.45, 2.75) is 23.8 Å². The molecule has 3 N–H and O–H groups in total. The number of hydrogen-bond donors (Lipinski definition) is 3. The second-order valence-corrected chi connectivity index (χ2v) is 6.66. The Balaban J connectivity index is 2.24. The fourth-order valence-electron chi connectivity index (χ4n) is 1.94. The molecule has 1 fully saturated rings. The van der Waals surface area contributed by atoms with Gasteiger partial charge >= 0.3 is 5.97 Å². The first kappa shape index (κ1) is 15.7. The molecule has 116 valence electrons. The fourth-order valence-corrected chi connectivity index (χ4v) is 3.18. The largest absolute Gasteiger partial charge is 0.495 e. The summed E-state index contributed by atoms with van der Waals surface area (Å²) in [5, 5.41) is 18.7. The van der Waals surface area contributed by atoms with E-state index in [-0.39, 0.29) is 28.7 Å². The molecule has 1 aliphatic carbocycles. The number of carbonyl (C=O) groups is 1. The molecule has 0 amide bonds. The molecule has 1 aliphatic rings. The third-order valence-corrected chi connectivity index (χ3v) is 4.79. The lowest BCUT2D eigenvalue weighted by Gasteiger charge is -2.14. The average molecular weight is 315 g/mol. The van der Waals surface area contributed by atoms with Crippen molar-refractivity contribution in [2.24, 2.45) is 5.92 Å². The maximum atomic E-state index is 12.2. The van der Waals surface area contributed by atoms with Gasteiger partial charge in [-0.3, -0.25) is 0 Å². The summed E-state index contributed by atoms with van der Waals surface area (Å²) in [5.41, 5.74) is -0.154. The minimum Gasteiger partial charge on any atom is -0.495 e. The highest BCUT2D eigenvalue weighted by atomic mass is 32.2. The van der Waals surface area contributed by atoms with Crippen LogP contribution in [0.15, 0.2) is 23.1 Å².